The average molecular weight is 314 g/mol. The van der Waals surface area contributed by atoms with Crippen LogP contribution >= 0.6 is 11.6 Å². The van der Waals surface area contributed by atoms with Crippen molar-refractivity contribution < 1.29 is 4.74 Å². The van der Waals surface area contributed by atoms with Gasteiger partial charge in [0, 0.05) is 19.1 Å². The summed E-state index contributed by atoms with van der Waals surface area (Å²) in [5.41, 5.74) is 7.16. The van der Waals surface area contributed by atoms with Crippen molar-refractivity contribution in [1.29, 1.82) is 0 Å². The highest BCUT2D eigenvalue weighted by atomic mass is 35.5. The maximum absolute atomic E-state index is 6.23. The molecule has 0 amide bonds. The summed E-state index contributed by atoms with van der Waals surface area (Å²) in [6.07, 6.45) is 1.13. The number of hydrogen-bond donors (Lipinski definition) is 1. The van der Waals surface area contributed by atoms with Crippen molar-refractivity contribution in [2.24, 2.45) is 5.73 Å². The number of rotatable bonds is 9. The van der Waals surface area contributed by atoms with E-state index in [0.717, 1.165) is 31.6 Å². The maximum Gasteiger partial charge on any atom is 0.137 e. The third-order valence-electron chi connectivity index (χ3n) is 3.68. The summed E-state index contributed by atoms with van der Waals surface area (Å²) < 4.78 is 5.21. The average Bonchev–Trinajstić information content (AvgIpc) is 2.46. The number of ether oxygens (including phenoxy) is 1. The Morgan fingerprint density at radius 2 is 2.00 bits per heavy atom. The minimum atomic E-state index is 0.195. The van der Waals surface area contributed by atoms with E-state index in [-0.39, 0.29) is 6.04 Å². The number of nitrogens with zero attached hydrogens (tertiary/aromatic N) is 2. The Kier molecular flexibility index (Phi) is 8.04. The van der Waals surface area contributed by atoms with Crippen LogP contribution in [0.4, 0.5) is 0 Å². The molecule has 5 heteroatoms. The van der Waals surface area contributed by atoms with E-state index in [1.807, 2.05) is 12.1 Å². The van der Waals surface area contributed by atoms with E-state index < -0.39 is 0 Å². The smallest absolute Gasteiger partial charge is 0.137 e. The molecule has 1 atom stereocenters. The molecular weight excluding hydrogens is 286 g/mol. The molecule has 0 saturated carbocycles. The minimum absolute atomic E-state index is 0.195. The number of benzene rings is 1. The Morgan fingerprint density at radius 1 is 1.29 bits per heavy atom. The van der Waals surface area contributed by atoms with Gasteiger partial charge in [0.1, 0.15) is 5.75 Å². The van der Waals surface area contributed by atoms with Crippen molar-refractivity contribution >= 4 is 11.6 Å². The molecule has 0 aliphatic carbocycles. The molecular formula is C16H28ClN3O. The topological polar surface area (TPSA) is 41.7 Å². The number of halogens is 1. The van der Waals surface area contributed by atoms with E-state index in [1.165, 1.54) is 0 Å². The van der Waals surface area contributed by atoms with Crippen LogP contribution in [-0.2, 0) is 0 Å². The van der Waals surface area contributed by atoms with Gasteiger partial charge in [0.25, 0.3) is 0 Å². The van der Waals surface area contributed by atoms with Crippen molar-refractivity contribution in [1.82, 2.24) is 9.80 Å². The van der Waals surface area contributed by atoms with Crippen LogP contribution in [-0.4, -0.2) is 57.2 Å². The van der Waals surface area contributed by atoms with Gasteiger partial charge in [-0.1, -0.05) is 24.6 Å². The first kappa shape index (κ1) is 18.2. The van der Waals surface area contributed by atoms with E-state index in [0.29, 0.717) is 17.3 Å². The van der Waals surface area contributed by atoms with Crippen LogP contribution in [0.5, 0.6) is 5.75 Å². The summed E-state index contributed by atoms with van der Waals surface area (Å²) in [7, 11) is 5.82. The van der Waals surface area contributed by atoms with Gasteiger partial charge >= 0.3 is 0 Å². The van der Waals surface area contributed by atoms with Gasteiger partial charge in [-0.15, -0.1) is 0 Å². The first-order valence-electron chi connectivity index (χ1n) is 7.45. The Bertz CT molecular complexity index is 426. The number of hydrogen-bond acceptors (Lipinski definition) is 4. The zero-order valence-corrected chi connectivity index (χ0v) is 14.4. The van der Waals surface area contributed by atoms with Gasteiger partial charge in [0.2, 0.25) is 0 Å². The van der Waals surface area contributed by atoms with E-state index >= 15 is 0 Å². The van der Waals surface area contributed by atoms with E-state index in [9.17, 15) is 0 Å². The minimum Gasteiger partial charge on any atom is -0.495 e. The first-order valence-corrected chi connectivity index (χ1v) is 7.83. The highest BCUT2D eigenvalue weighted by molar-refractivity contribution is 6.32. The summed E-state index contributed by atoms with van der Waals surface area (Å²) >= 11 is 6.23. The Morgan fingerprint density at radius 3 is 2.48 bits per heavy atom. The maximum atomic E-state index is 6.23. The third kappa shape index (κ3) is 5.47. The summed E-state index contributed by atoms with van der Waals surface area (Å²) in [4.78, 5) is 4.61. The van der Waals surface area contributed by atoms with Gasteiger partial charge in [0.15, 0.2) is 0 Å². The van der Waals surface area contributed by atoms with E-state index in [4.69, 9.17) is 22.1 Å². The van der Waals surface area contributed by atoms with Crippen LogP contribution in [0, 0.1) is 0 Å². The fourth-order valence-electron chi connectivity index (χ4n) is 2.51. The summed E-state index contributed by atoms with van der Waals surface area (Å²) in [5.74, 6) is 0.701. The third-order valence-corrected chi connectivity index (χ3v) is 3.98. The summed E-state index contributed by atoms with van der Waals surface area (Å²) in [6, 6.07) is 6.12. The monoisotopic (exact) mass is 313 g/mol. The Labute approximate surface area is 133 Å². The van der Waals surface area contributed by atoms with Gasteiger partial charge in [-0.25, -0.2) is 0 Å². The number of nitrogens with two attached hydrogens (primary N) is 1. The second kappa shape index (κ2) is 9.26. The van der Waals surface area contributed by atoms with Crippen molar-refractivity contribution in [3.8, 4) is 5.75 Å². The molecule has 0 aromatic heterocycles. The molecule has 1 aromatic carbocycles. The molecule has 1 rings (SSSR count). The van der Waals surface area contributed by atoms with Crippen LogP contribution in [0.15, 0.2) is 18.2 Å². The first-order chi connectivity index (χ1) is 10.0. The molecule has 1 unspecified atom stereocenters. The summed E-state index contributed by atoms with van der Waals surface area (Å²) in [6.45, 7) is 5.83. The zero-order chi connectivity index (χ0) is 15.8. The lowest BCUT2D eigenvalue weighted by molar-refractivity contribution is 0.201. The molecule has 0 fully saturated rings. The molecule has 120 valence electrons. The molecule has 2 N–H and O–H groups in total. The van der Waals surface area contributed by atoms with Gasteiger partial charge < -0.3 is 15.4 Å². The van der Waals surface area contributed by atoms with Crippen LogP contribution in [0.2, 0.25) is 5.02 Å². The zero-order valence-electron chi connectivity index (χ0n) is 13.6. The van der Waals surface area contributed by atoms with Crippen molar-refractivity contribution in [2.75, 3.05) is 47.4 Å². The fourth-order valence-corrected chi connectivity index (χ4v) is 2.78. The van der Waals surface area contributed by atoms with Gasteiger partial charge in [0.05, 0.1) is 12.1 Å². The Balaban J connectivity index is 2.80. The van der Waals surface area contributed by atoms with Gasteiger partial charge in [-0.3, -0.25) is 4.90 Å². The van der Waals surface area contributed by atoms with Crippen molar-refractivity contribution in [3.05, 3.63) is 28.8 Å². The molecule has 0 bridgehead atoms. The van der Waals surface area contributed by atoms with Crippen LogP contribution < -0.4 is 10.5 Å². The molecule has 0 aliphatic heterocycles. The highest BCUT2D eigenvalue weighted by Crippen LogP contribution is 2.29. The molecule has 4 nitrogen and oxygen atoms in total. The summed E-state index contributed by atoms with van der Waals surface area (Å²) in [5, 5.41) is 0.637. The molecule has 1 aromatic rings. The molecule has 0 aliphatic rings. The lowest BCUT2D eigenvalue weighted by Gasteiger charge is -2.30. The standard InChI is InChI=1S/C16H28ClN3O/c1-5-20(10-6-9-19(2)3)15(12-18)13-7-8-16(21-4)14(17)11-13/h7-8,11,15H,5-6,9-10,12,18H2,1-4H3. The van der Waals surface area contributed by atoms with Crippen LogP contribution in [0.25, 0.3) is 0 Å². The highest BCUT2D eigenvalue weighted by Gasteiger charge is 2.18. The predicted molar refractivity (Wildman–Crippen MR) is 90.2 cm³/mol. The normalized spacial score (nSPS) is 13.0. The second-order valence-corrected chi connectivity index (χ2v) is 5.84. The van der Waals surface area contributed by atoms with Crippen LogP contribution in [0.1, 0.15) is 24.9 Å². The molecule has 21 heavy (non-hydrogen) atoms. The lowest BCUT2D eigenvalue weighted by atomic mass is 10.0. The van der Waals surface area contributed by atoms with E-state index in [1.54, 1.807) is 7.11 Å². The van der Waals surface area contributed by atoms with E-state index in [2.05, 4.69) is 36.9 Å². The van der Waals surface area contributed by atoms with Gasteiger partial charge in [-0.2, -0.15) is 0 Å². The molecule has 0 heterocycles. The quantitative estimate of drug-likeness (QED) is 0.761. The lowest BCUT2D eigenvalue weighted by Crippen LogP contribution is -2.35. The van der Waals surface area contributed by atoms with Crippen molar-refractivity contribution in [2.45, 2.75) is 19.4 Å². The Hall–Kier alpha value is -0.810. The van der Waals surface area contributed by atoms with Crippen LogP contribution in [0.3, 0.4) is 0 Å². The second-order valence-electron chi connectivity index (χ2n) is 5.43. The molecule has 0 spiro atoms. The predicted octanol–water partition coefficient (Wildman–Crippen LogP) is 2.62. The van der Waals surface area contributed by atoms with Crippen molar-refractivity contribution in [3.63, 3.8) is 0 Å². The number of likely N-dealkylation sites (N-methyl/N-ethyl adjacent to an activating group) is 1. The largest absolute Gasteiger partial charge is 0.495 e. The number of methoxy groups -OCH3 is 1. The molecule has 0 radical (unpaired) electrons. The van der Waals surface area contributed by atoms with Gasteiger partial charge in [-0.05, 0) is 51.3 Å². The molecule has 0 saturated heterocycles. The SMILES string of the molecule is CCN(CCCN(C)C)C(CN)c1ccc(OC)c(Cl)c1. The fraction of sp³-hybridized carbons (Fsp3) is 0.625.